The normalized spacial score (nSPS) is 15.9. The standard InChI is InChI=1S/C22H24N2O2/c1-22(2)13-19(12-20(25)14-22)24-18-10-8-17(9-11-18)21(26)23-15-16-6-4-3-5-7-16/h3-12,24H,13-15H2,1-2H3,(H,23,26). The van der Waals surface area contributed by atoms with Gasteiger partial charge in [-0.25, -0.2) is 0 Å². The summed E-state index contributed by atoms with van der Waals surface area (Å²) >= 11 is 0. The smallest absolute Gasteiger partial charge is 0.251 e. The second kappa shape index (κ2) is 7.56. The van der Waals surface area contributed by atoms with E-state index in [2.05, 4.69) is 24.5 Å². The number of nitrogens with one attached hydrogen (secondary N) is 2. The van der Waals surface area contributed by atoms with E-state index in [1.165, 1.54) is 0 Å². The van der Waals surface area contributed by atoms with E-state index in [-0.39, 0.29) is 17.1 Å². The summed E-state index contributed by atoms with van der Waals surface area (Å²) in [6, 6.07) is 17.1. The minimum Gasteiger partial charge on any atom is -0.359 e. The van der Waals surface area contributed by atoms with Gasteiger partial charge in [0.15, 0.2) is 5.78 Å². The first-order valence-corrected chi connectivity index (χ1v) is 8.84. The summed E-state index contributed by atoms with van der Waals surface area (Å²) in [4.78, 5) is 24.1. The van der Waals surface area contributed by atoms with Crippen LogP contribution in [-0.2, 0) is 11.3 Å². The number of amides is 1. The molecule has 0 heterocycles. The molecule has 0 unspecified atom stereocenters. The highest BCUT2D eigenvalue weighted by molar-refractivity contribution is 5.94. The minimum atomic E-state index is -0.103. The Labute approximate surface area is 154 Å². The van der Waals surface area contributed by atoms with Gasteiger partial charge in [0, 0.05) is 36.0 Å². The largest absolute Gasteiger partial charge is 0.359 e. The third kappa shape index (κ3) is 4.82. The van der Waals surface area contributed by atoms with Gasteiger partial charge in [-0.3, -0.25) is 9.59 Å². The van der Waals surface area contributed by atoms with Crippen LogP contribution >= 0.6 is 0 Å². The van der Waals surface area contributed by atoms with Crippen molar-refractivity contribution >= 4 is 17.4 Å². The molecule has 0 bridgehead atoms. The predicted octanol–water partition coefficient (Wildman–Crippen LogP) is 4.30. The summed E-state index contributed by atoms with van der Waals surface area (Å²) in [5.74, 6) is 0.0502. The molecule has 0 radical (unpaired) electrons. The van der Waals surface area contributed by atoms with Crippen molar-refractivity contribution < 1.29 is 9.59 Å². The Hall–Kier alpha value is -2.88. The molecule has 3 rings (SSSR count). The van der Waals surface area contributed by atoms with Gasteiger partial charge in [0.25, 0.3) is 5.91 Å². The Bertz CT molecular complexity index is 821. The lowest BCUT2D eigenvalue weighted by molar-refractivity contribution is -0.117. The maximum absolute atomic E-state index is 12.3. The van der Waals surface area contributed by atoms with Gasteiger partial charge in [-0.1, -0.05) is 44.2 Å². The number of benzene rings is 2. The summed E-state index contributed by atoms with van der Waals surface area (Å²) in [5, 5.41) is 6.22. The molecule has 0 aromatic heterocycles. The number of ketones is 1. The zero-order valence-electron chi connectivity index (χ0n) is 15.2. The molecule has 2 aromatic rings. The number of carbonyl (C=O) groups excluding carboxylic acids is 2. The zero-order valence-corrected chi connectivity index (χ0v) is 15.2. The van der Waals surface area contributed by atoms with Crippen molar-refractivity contribution in [2.75, 3.05) is 5.32 Å². The average molecular weight is 348 g/mol. The fraction of sp³-hybridized carbons (Fsp3) is 0.273. The zero-order chi connectivity index (χ0) is 18.6. The van der Waals surface area contributed by atoms with Gasteiger partial charge in [-0.2, -0.15) is 0 Å². The van der Waals surface area contributed by atoms with Gasteiger partial charge < -0.3 is 10.6 Å². The molecule has 0 saturated carbocycles. The lowest BCUT2D eigenvalue weighted by Crippen LogP contribution is -2.24. The summed E-state index contributed by atoms with van der Waals surface area (Å²) in [6.45, 7) is 4.70. The van der Waals surface area contributed by atoms with Crippen molar-refractivity contribution in [3.8, 4) is 0 Å². The summed E-state index contributed by atoms with van der Waals surface area (Å²) in [5.41, 5.74) is 3.45. The molecule has 134 valence electrons. The van der Waals surface area contributed by atoms with Crippen LogP contribution < -0.4 is 10.6 Å². The molecule has 26 heavy (non-hydrogen) atoms. The highest BCUT2D eigenvalue weighted by Crippen LogP contribution is 2.33. The number of anilines is 1. The highest BCUT2D eigenvalue weighted by Gasteiger charge is 2.27. The molecule has 0 aliphatic heterocycles. The molecular formula is C22H24N2O2. The Kier molecular flexibility index (Phi) is 5.21. The lowest BCUT2D eigenvalue weighted by atomic mass is 9.79. The number of hydrogen-bond donors (Lipinski definition) is 2. The van der Waals surface area contributed by atoms with E-state index in [4.69, 9.17) is 0 Å². The number of carbonyl (C=O) groups is 2. The van der Waals surface area contributed by atoms with E-state index in [1.54, 1.807) is 18.2 Å². The third-order valence-electron chi connectivity index (χ3n) is 4.40. The van der Waals surface area contributed by atoms with Crippen LogP contribution in [-0.4, -0.2) is 11.7 Å². The third-order valence-corrected chi connectivity index (χ3v) is 4.40. The molecule has 2 N–H and O–H groups in total. The van der Waals surface area contributed by atoms with Crippen molar-refractivity contribution in [3.05, 3.63) is 77.5 Å². The fourth-order valence-electron chi connectivity index (χ4n) is 3.20. The van der Waals surface area contributed by atoms with Crippen LogP contribution in [0.4, 0.5) is 5.69 Å². The van der Waals surface area contributed by atoms with Gasteiger partial charge in [0.05, 0.1) is 0 Å². The molecule has 0 saturated heterocycles. The first-order valence-electron chi connectivity index (χ1n) is 8.84. The summed E-state index contributed by atoms with van der Waals surface area (Å²) < 4.78 is 0. The van der Waals surface area contributed by atoms with Crippen molar-refractivity contribution in [1.82, 2.24) is 5.32 Å². The van der Waals surface area contributed by atoms with Crippen LogP contribution in [0.15, 0.2) is 66.4 Å². The molecule has 0 fully saturated rings. The van der Waals surface area contributed by atoms with Gasteiger partial charge in [-0.15, -0.1) is 0 Å². The van der Waals surface area contributed by atoms with Crippen molar-refractivity contribution in [3.63, 3.8) is 0 Å². The average Bonchev–Trinajstić information content (AvgIpc) is 2.59. The number of rotatable bonds is 5. The van der Waals surface area contributed by atoms with Gasteiger partial charge in [0.1, 0.15) is 0 Å². The quantitative estimate of drug-likeness (QED) is 0.847. The molecule has 1 amide bonds. The second-order valence-electron chi connectivity index (χ2n) is 7.52. The van der Waals surface area contributed by atoms with E-state index in [0.717, 1.165) is 23.4 Å². The van der Waals surface area contributed by atoms with Crippen molar-refractivity contribution in [1.29, 1.82) is 0 Å². The highest BCUT2D eigenvalue weighted by atomic mass is 16.1. The van der Waals surface area contributed by atoms with Crippen molar-refractivity contribution in [2.24, 2.45) is 5.41 Å². The Morgan fingerprint density at radius 1 is 1.00 bits per heavy atom. The van der Waals surface area contributed by atoms with E-state index in [9.17, 15) is 9.59 Å². The van der Waals surface area contributed by atoms with Crippen molar-refractivity contribution in [2.45, 2.75) is 33.2 Å². The van der Waals surface area contributed by atoms with Crippen LogP contribution in [0, 0.1) is 5.41 Å². The Balaban J connectivity index is 1.59. The monoisotopic (exact) mass is 348 g/mol. The first kappa shape index (κ1) is 17.9. The topological polar surface area (TPSA) is 58.2 Å². The molecule has 1 aliphatic carbocycles. The van der Waals surface area contributed by atoms with Crippen LogP contribution in [0.2, 0.25) is 0 Å². The van der Waals surface area contributed by atoms with E-state index >= 15 is 0 Å². The molecule has 0 spiro atoms. The molecule has 0 atom stereocenters. The molecule has 4 nitrogen and oxygen atoms in total. The molecular weight excluding hydrogens is 324 g/mol. The maximum Gasteiger partial charge on any atom is 0.251 e. The van der Waals surface area contributed by atoms with Crippen LogP contribution in [0.3, 0.4) is 0 Å². The van der Waals surface area contributed by atoms with Gasteiger partial charge in [-0.05, 0) is 41.7 Å². The lowest BCUT2D eigenvalue weighted by Gasteiger charge is -2.29. The summed E-state index contributed by atoms with van der Waals surface area (Å²) in [6.07, 6.45) is 3.10. The summed E-state index contributed by atoms with van der Waals surface area (Å²) in [7, 11) is 0. The maximum atomic E-state index is 12.3. The Morgan fingerprint density at radius 3 is 2.35 bits per heavy atom. The minimum absolute atomic E-state index is 0.0224. The first-order chi connectivity index (χ1) is 12.4. The predicted molar refractivity (Wildman–Crippen MR) is 104 cm³/mol. The van der Waals surface area contributed by atoms with E-state index in [1.807, 2.05) is 42.5 Å². The van der Waals surface area contributed by atoms with Gasteiger partial charge >= 0.3 is 0 Å². The molecule has 1 aliphatic rings. The van der Waals surface area contributed by atoms with Gasteiger partial charge in [0.2, 0.25) is 0 Å². The SMILES string of the molecule is CC1(C)CC(=O)C=C(Nc2ccc(C(=O)NCc3ccccc3)cc2)C1. The second-order valence-corrected chi connectivity index (χ2v) is 7.52. The van der Waals surface area contributed by atoms with E-state index < -0.39 is 0 Å². The Morgan fingerprint density at radius 2 is 1.69 bits per heavy atom. The van der Waals surface area contributed by atoms with Crippen LogP contribution in [0.5, 0.6) is 0 Å². The van der Waals surface area contributed by atoms with Crippen LogP contribution in [0.1, 0.15) is 42.6 Å². The van der Waals surface area contributed by atoms with Crippen LogP contribution in [0.25, 0.3) is 0 Å². The number of allylic oxidation sites excluding steroid dienone is 2. The molecule has 2 aromatic carbocycles. The molecule has 4 heteroatoms. The van der Waals surface area contributed by atoms with E-state index in [0.29, 0.717) is 18.5 Å². The fourth-order valence-corrected chi connectivity index (χ4v) is 3.20. The number of hydrogen-bond acceptors (Lipinski definition) is 3.